The second-order valence-electron chi connectivity index (χ2n) is 9.97. The first-order valence-corrected chi connectivity index (χ1v) is 10.5. The minimum atomic E-state index is -0.655. The van der Waals surface area contributed by atoms with Crippen molar-refractivity contribution in [1.82, 2.24) is 0 Å². The van der Waals surface area contributed by atoms with Crippen LogP contribution in [0.2, 0.25) is 5.31 Å². The molecule has 1 amide bonds. The first kappa shape index (κ1) is 23.8. The standard InChI is InChI=1S/C24H29BFNO5/c1-22(2,3)30-21(29)27-17-12-13-18(20(28)15-8-10-16(26)11-9-15)19(14-17)31-25-23(4,5)24(6,7)32-25/h8-14H,1-7H3,(H,27,29). The van der Waals surface area contributed by atoms with Crippen molar-refractivity contribution in [3.63, 3.8) is 0 Å². The Labute approximate surface area is 188 Å². The normalized spacial score (nSPS) is 16.7. The Morgan fingerprint density at radius 2 is 1.66 bits per heavy atom. The Hall–Kier alpha value is -2.87. The van der Waals surface area contributed by atoms with Gasteiger partial charge >= 0.3 is 13.2 Å². The fourth-order valence-electron chi connectivity index (χ4n) is 3.14. The zero-order chi connectivity index (χ0) is 23.9. The fourth-order valence-corrected chi connectivity index (χ4v) is 3.14. The lowest BCUT2D eigenvalue weighted by atomic mass is 9.45. The van der Waals surface area contributed by atoms with Crippen LogP contribution >= 0.6 is 0 Å². The Balaban J connectivity index is 1.92. The molecule has 0 spiro atoms. The predicted molar refractivity (Wildman–Crippen MR) is 122 cm³/mol. The van der Waals surface area contributed by atoms with Crippen molar-refractivity contribution in [2.75, 3.05) is 5.32 Å². The topological polar surface area (TPSA) is 73.9 Å². The lowest BCUT2D eigenvalue weighted by molar-refractivity contribution is -0.0412. The Morgan fingerprint density at radius 3 is 2.19 bits per heavy atom. The van der Waals surface area contributed by atoms with Crippen molar-refractivity contribution in [3.8, 4) is 5.75 Å². The maximum atomic E-state index is 13.3. The van der Waals surface area contributed by atoms with Gasteiger partial charge in [0, 0.05) is 22.6 Å². The minimum absolute atomic E-state index is 0.251. The minimum Gasteiger partial charge on any atom is -0.535 e. The molecule has 1 fully saturated rings. The summed E-state index contributed by atoms with van der Waals surface area (Å²) in [6.45, 7) is 13.3. The average Bonchev–Trinajstić information content (AvgIpc) is 2.66. The first-order chi connectivity index (χ1) is 14.7. The number of ketones is 1. The summed E-state index contributed by atoms with van der Waals surface area (Å²) in [5.74, 6) is -0.511. The molecular weight excluding hydrogens is 412 g/mol. The molecule has 0 aliphatic carbocycles. The highest BCUT2D eigenvalue weighted by molar-refractivity contribution is 6.53. The molecular formula is C24H29BFNO5. The van der Waals surface area contributed by atoms with Crippen molar-refractivity contribution < 1.29 is 28.0 Å². The van der Waals surface area contributed by atoms with E-state index in [0.717, 1.165) is 0 Å². The van der Waals surface area contributed by atoms with Crippen LogP contribution in [0.25, 0.3) is 0 Å². The summed E-state index contributed by atoms with van der Waals surface area (Å²) in [6.07, 6.45) is -0.623. The van der Waals surface area contributed by atoms with E-state index in [-0.39, 0.29) is 22.4 Å². The van der Waals surface area contributed by atoms with Gasteiger partial charge in [-0.25, -0.2) is 9.18 Å². The maximum Gasteiger partial charge on any atom is 0.534 e. The van der Waals surface area contributed by atoms with E-state index in [1.165, 1.54) is 24.3 Å². The Kier molecular flexibility index (Phi) is 6.13. The monoisotopic (exact) mass is 441 g/mol. The van der Waals surface area contributed by atoms with Gasteiger partial charge in [0.05, 0.1) is 11.2 Å². The smallest absolute Gasteiger partial charge is 0.534 e. The van der Waals surface area contributed by atoms with E-state index in [1.807, 2.05) is 27.7 Å². The average molecular weight is 441 g/mol. The lowest BCUT2D eigenvalue weighted by Crippen LogP contribution is -2.64. The van der Waals surface area contributed by atoms with Crippen LogP contribution in [-0.4, -0.2) is 30.2 Å². The second kappa shape index (κ2) is 8.24. The third-order valence-electron chi connectivity index (χ3n) is 5.75. The van der Waals surface area contributed by atoms with Crippen LogP contribution in [0.15, 0.2) is 42.5 Å². The van der Waals surface area contributed by atoms with Crippen LogP contribution < -0.4 is 9.97 Å². The summed E-state index contributed by atoms with van der Waals surface area (Å²) in [6, 6.07) is 10.0. The molecule has 0 radical (unpaired) electrons. The molecule has 8 heteroatoms. The predicted octanol–water partition coefficient (Wildman–Crippen LogP) is 5.86. The molecule has 0 unspecified atom stereocenters. The van der Waals surface area contributed by atoms with E-state index in [1.54, 1.807) is 39.0 Å². The van der Waals surface area contributed by atoms with Gasteiger partial charge in [0.1, 0.15) is 17.2 Å². The zero-order valence-electron chi connectivity index (χ0n) is 19.5. The molecule has 1 aliphatic rings. The number of carbonyl (C=O) groups excluding carboxylic acids is 2. The van der Waals surface area contributed by atoms with Crippen LogP contribution in [0.1, 0.15) is 64.4 Å². The summed E-state index contributed by atoms with van der Waals surface area (Å²) >= 11 is 0. The van der Waals surface area contributed by atoms with Crippen molar-refractivity contribution in [2.45, 2.75) is 65.0 Å². The van der Waals surface area contributed by atoms with Gasteiger partial charge in [-0.1, -0.05) is 13.8 Å². The van der Waals surface area contributed by atoms with Crippen molar-refractivity contribution >= 4 is 24.7 Å². The summed E-state index contributed by atoms with van der Waals surface area (Å²) in [5, 5.41) is 2.33. The van der Waals surface area contributed by atoms with E-state index in [4.69, 9.17) is 14.0 Å². The van der Waals surface area contributed by atoms with Gasteiger partial charge in [-0.3, -0.25) is 10.1 Å². The van der Waals surface area contributed by atoms with Gasteiger partial charge in [0.2, 0.25) is 0 Å². The van der Waals surface area contributed by atoms with Gasteiger partial charge in [-0.05, 0) is 71.0 Å². The maximum absolute atomic E-state index is 13.3. The second-order valence-corrected chi connectivity index (χ2v) is 9.97. The largest absolute Gasteiger partial charge is 0.535 e. The molecule has 170 valence electrons. The van der Waals surface area contributed by atoms with Crippen LogP contribution in [-0.2, 0) is 9.39 Å². The molecule has 1 heterocycles. The van der Waals surface area contributed by atoms with E-state index in [0.29, 0.717) is 11.3 Å². The van der Waals surface area contributed by atoms with E-state index in [2.05, 4.69) is 5.32 Å². The highest BCUT2D eigenvalue weighted by atomic mass is 19.1. The highest BCUT2D eigenvalue weighted by Gasteiger charge is 2.63. The number of ether oxygens (including phenoxy) is 1. The molecule has 32 heavy (non-hydrogen) atoms. The van der Waals surface area contributed by atoms with Gasteiger partial charge in [0.25, 0.3) is 0 Å². The van der Waals surface area contributed by atoms with Crippen LogP contribution in [0.5, 0.6) is 5.75 Å². The van der Waals surface area contributed by atoms with Gasteiger partial charge < -0.3 is 14.0 Å². The molecule has 3 rings (SSSR count). The van der Waals surface area contributed by atoms with Crippen LogP contribution in [0.4, 0.5) is 14.9 Å². The Bertz CT molecular complexity index is 1030. The molecule has 0 saturated carbocycles. The number of benzene rings is 2. The van der Waals surface area contributed by atoms with Crippen molar-refractivity contribution in [1.29, 1.82) is 0 Å². The Morgan fingerprint density at radius 1 is 1.03 bits per heavy atom. The van der Waals surface area contributed by atoms with Gasteiger partial charge in [-0.2, -0.15) is 0 Å². The number of hydrogen-bond acceptors (Lipinski definition) is 5. The molecule has 0 aromatic heterocycles. The zero-order valence-corrected chi connectivity index (χ0v) is 19.5. The lowest BCUT2D eigenvalue weighted by Gasteiger charge is -2.54. The molecule has 1 aliphatic heterocycles. The first-order valence-electron chi connectivity index (χ1n) is 10.5. The summed E-state index contributed by atoms with van der Waals surface area (Å²) < 4.78 is 30.6. The number of halogens is 1. The van der Waals surface area contributed by atoms with Crippen molar-refractivity contribution in [3.05, 3.63) is 59.4 Å². The molecule has 1 saturated heterocycles. The number of amides is 1. The number of hydrogen-bond donors (Lipinski definition) is 1. The van der Waals surface area contributed by atoms with E-state index in [9.17, 15) is 14.0 Å². The molecule has 1 N–H and O–H groups in total. The molecule has 0 bridgehead atoms. The van der Waals surface area contributed by atoms with Crippen LogP contribution in [0.3, 0.4) is 0 Å². The van der Waals surface area contributed by atoms with Crippen LogP contribution in [0, 0.1) is 5.82 Å². The quantitative estimate of drug-likeness (QED) is 0.465. The van der Waals surface area contributed by atoms with Gasteiger partial charge in [0.15, 0.2) is 5.78 Å². The third-order valence-corrected chi connectivity index (χ3v) is 5.75. The number of rotatable bonds is 5. The molecule has 0 atom stereocenters. The fraction of sp³-hybridized carbons (Fsp3) is 0.417. The SMILES string of the molecule is CC(C)(C)OC(=O)Nc1ccc(C(=O)c2ccc(F)cc2)c(OB2OC(C)(C)C2(C)C)c1. The molecule has 2 aromatic carbocycles. The highest BCUT2D eigenvalue weighted by Crippen LogP contribution is 2.53. The van der Waals surface area contributed by atoms with Gasteiger partial charge in [-0.15, -0.1) is 0 Å². The number of anilines is 1. The summed E-state index contributed by atoms with van der Waals surface area (Å²) in [4.78, 5) is 25.3. The molecule has 6 nitrogen and oxygen atoms in total. The van der Waals surface area contributed by atoms with E-state index < -0.39 is 30.2 Å². The third kappa shape index (κ3) is 4.96. The number of nitrogens with one attached hydrogen (secondary N) is 1. The van der Waals surface area contributed by atoms with Crippen molar-refractivity contribution in [2.24, 2.45) is 0 Å². The number of carbonyl (C=O) groups is 2. The molecule has 2 aromatic rings. The summed E-state index contributed by atoms with van der Waals surface area (Å²) in [5.41, 5.74) is -0.0578. The summed E-state index contributed by atoms with van der Waals surface area (Å²) in [7, 11) is -0.589. The van der Waals surface area contributed by atoms with E-state index >= 15 is 0 Å².